The molecule has 0 unspecified atom stereocenters. The van der Waals surface area contributed by atoms with Gasteiger partial charge in [0.1, 0.15) is 11.5 Å². The third-order valence-corrected chi connectivity index (χ3v) is 6.22. The average Bonchev–Trinajstić information content (AvgIpc) is 3.18. The summed E-state index contributed by atoms with van der Waals surface area (Å²) in [6, 6.07) is 10.7. The molecule has 168 valence electrons. The highest BCUT2D eigenvalue weighted by Crippen LogP contribution is 2.32. The third-order valence-electron chi connectivity index (χ3n) is 4.95. The molecule has 0 saturated heterocycles. The van der Waals surface area contributed by atoms with Gasteiger partial charge in [-0.25, -0.2) is 4.98 Å². The summed E-state index contributed by atoms with van der Waals surface area (Å²) in [5, 5.41) is 1.29. The number of amides is 1. The van der Waals surface area contributed by atoms with Crippen LogP contribution in [0.1, 0.15) is 24.2 Å². The number of ether oxygens (including phenoxy) is 2. The van der Waals surface area contributed by atoms with Gasteiger partial charge >= 0.3 is 0 Å². The standard InChI is InChI=1S/C22H26ClN3O3S.ClH/c1-5-25(6-2)9-10-26(22-24-19-8-7-16(23)13-20(19)30-22)21(27)15-11-17(28-3)14-18(12-15)29-4;/h7-8,11-14H,5-6,9-10H2,1-4H3;1H. The number of carbonyl (C=O) groups is 1. The Morgan fingerprint density at radius 2 is 1.68 bits per heavy atom. The Bertz CT molecular complexity index is 1000. The summed E-state index contributed by atoms with van der Waals surface area (Å²) in [6.45, 7) is 7.33. The largest absolute Gasteiger partial charge is 0.497 e. The molecule has 3 aromatic rings. The molecule has 2 aromatic carbocycles. The summed E-state index contributed by atoms with van der Waals surface area (Å²) in [4.78, 5) is 22.3. The fraction of sp³-hybridized carbons (Fsp3) is 0.364. The number of methoxy groups -OCH3 is 2. The second-order valence-corrected chi connectivity index (χ2v) is 8.14. The zero-order valence-corrected chi connectivity index (χ0v) is 20.4. The molecule has 9 heteroatoms. The van der Waals surface area contributed by atoms with E-state index in [9.17, 15) is 4.79 Å². The maximum Gasteiger partial charge on any atom is 0.260 e. The van der Waals surface area contributed by atoms with E-state index in [0.717, 1.165) is 29.9 Å². The summed E-state index contributed by atoms with van der Waals surface area (Å²) < 4.78 is 11.6. The number of hydrogen-bond donors (Lipinski definition) is 0. The van der Waals surface area contributed by atoms with E-state index in [2.05, 4.69) is 18.7 Å². The van der Waals surface area contributed by atoms with Crippen molar-refractivity contribution in [1.29, 1.82) is 0 Å². The molecule has 0 aliphatic rings. The van der Waals surface area contributed by atoms with Crippen LogP contribution in [-0.2, 0) is 0 Å². The van der Waals surface area contributed by atoms with Gasteiger partial charge in [-0.1, -0.05) is 36.8 Å². The fourth-order valence-electron chi connectivity index (χ4n) is 3.15. The Hall–Kier alpha value is -2.06. The van der Waals surface area contributed by atoms with Crippen LogP contribution >= 0.6 is 35.3 Å². The normalized spacial score (nSPS) is 10.8. The van der Waals surface area contributed by atoms with Gasteiger partial charge in [0.05, 0.1) is 24.4 Å². The molecule has 1 amide bonds. The van der Waals surface area contributed by atoms with Crippen LogP contribution in [0.4, 0.5) is 5.13 Å². The average molecular weight is 484 g/mol. The number of fused-ring (bicyclic) bond motifs is 1. The van der Waals surface area contributed by atoms with Crippen LogP contribution in [0.25, 0.3) is 10.2 Å². The molecule has 0 saturated carbocycles. The smallest absolute Gasteiger partial charge is 0.260 e. The molecule has 1 heterocycles. The Labute approximate surface area is 198 Å². The first-order chi connectivity index (χ1) is 14.5. The number of likely N-dealkylation sites (N-methyl/N-ethyl adjacent to an activating group) is 1. The van der Waals surface area contributed by atoms with Crippen LogP contribution in [0.3, 0.4) is 0 Å². The lowest BCUT2D eigenvalue weighted by atomic mass is 10.1. The van der Waals surface area contributed by atoms with Crippen LogP contribution in [0.2, 0.25) is 5.02 Å². The molecular formula is C22H27Cl2N3O3S. The van der Waals surface area contributed by atoms with Gasteiger partial charge in [-0.05, 0) is 43.4 Å². The van der Waals surface area contributed by atoms with E-state index in [1.54, 1.807) is 37.3 Å². The minimum absolute atomic E-state index is 0. The minimum Gasteiger partial charge on any atom is -0.497 e. The van der Waals surface area contributed by atoms with Crippen molar-refractivity contribution < 1.29 is 14.3 Å². The predicted molar refractivity (Wildman–Crippen MR) is 131 cm³/mol. The lowest BCUT2D eigenvalue weighted by Crippen LogP contribution is -2.38. The zero-order valence-electron chi connectivity index (χ0n) is 18.1. The third kappa shape index (κ3) is 6.01. The van der Waals surface area contributed by atoms with Crippen molar-refractivity contribution >= 4 is 56.6 Å². The molecule has 0 aliphatic carbocycles. The number of benzene rings is 2. The van der Waals surface area contributed by atoms with Crippen molar-refractivity contribution in [3.05, 3.63) is 47.0 Å². The molecule has 1 aromatic heterocycles. The number of aromatic nitrogens is 1. The van der Waals surface area contributed by atoms with Gasteiger partial charge in [-0.2, -0.15) is 0 Å². The summed E-state index contributed by atoms with van der Waals surface area (Å²) in [6.07, 6.45) is 0. The van der Waals surface area contributed by atoms with Gasteiger partial charge in [0.2, 0.25) is 0 Å². The topological polar surface area (TPSA) is 54.9 Å². The van der Waals surface area contributed by atoms with Crippen LogP contribution < -0.4 is 14.4 Å². The van der Waals surface area contributed by atoms with Crippen molar-refractivity contribution in [2.75, 3.05) is 45.3 Å². The lowest BCUT2D eigenvalue weighted by Gasteiger charge is -2.25. The van der Waals surface area contributed by atoms with E-state index in [1.807, 2.05) is 18.2 Å². The number of rotatable bonds is 9. The molecule has 31 heavy (non-hydrogen) atoms. The second kappa shape index (κ2) is 11.5. The quantitative estimate of drug-likeness (QED) is 0.408. The Balaban J connectivity index is 0.00000341. The fourth-order valence-corrected chi connectivity index (χ4v) is 4.42. The summed E-state index contributed by atoms with van der Waals surface area (Å²) in [7, 11) is 3.14. The number of carbonyl (C=O) groups excluding carboxylic acids is 1. The number of hydrogen-bond acceptors (Lipinski definition) is 6. The maximum absolute atomic E-state index is 13.6. The SMILES string of the molecule is CCN(CC)CCN(C(=O)c1cc(OC)cc(OC)c1)c1nc2ccc(Cl)cc2s1.Cl. The Morgan fingerprint density at radius 1 is 1.03 bits per heavy atom. The van der Waals surface area contributed by atoms with Gasteiger partial charge in [-0.15, -0.1) is 12.4 Å². The first-order valence-electron chi connectivity index (χ1n) is 9.82. The van der Waals surface area contributed by atoms with E-state index >= 15 is 0 Å². The molecule has 3 rings (SSSR count). The van der Waals surface area contributed by atoms with E-state index in [1.165, 1.54) is 11.3 Å². The van der Waals surface area contributed by atoms with Crippen LogP contribution in [0.5, 0.6) is 11.5 Å². The Morgan fingerprint density at radius 3 is 2.26 bits per heavy atom. The predicted octanol–water partition coefficient (Wildman–Crippen LogP) is 5.38. The van der Waals surface area contributed by atoms with Crippen molar-refractivity contribution in [3.8, 4) is 11.5 Å². The zero-order chi connectivity index (χ0) is 21.7. The van der Waals surface area contributed by atoms with Crippen molar-refractivity contribution in [2.45, 2.75) is 13.8 Å². The minimum atomic E-state index is -0.149. The first-order valence-corrected chi connectivity index (χ1v) is 11.0. The highest BCUT2D eigenvalue weighted by Gasteiger charge is 2.23. The molecule has 6 nitrogen and oxygen atoms in total. The molecule has 0 bridgehead atoms. The first kappa shape index (κ1) is 25.2. The number of anilines is 1. The van der Waals surface area contributed by atoms with Gasteiger partial charge < -0.3 is 14.4 Å². The summed E-state index contributed by atoms with van der Waals surface area (Å²) >= 11 is 7.59. The molecule has 0 aliphatic heterocycles. The van der Waals surface area contributed by atoms with Crippen LogP contribution in [-0.4, -0.2) is 56.2 Å². The Kier molecular flexibility index (Phi) is 9.37. The highest BCUT2D eigenvalue weighted by molar-refractivity contribution is 7.22. The van der Waals surface area contributed by atoms with Gasteiger partial charge in [0.15, 0.2) is 5.13 Å². The molecule has 0 N–H and O–H groups in total. The van der Waals surface area contributed by atoms with Crippen molar-refractivity contribution in [3.63, 3.8) is 0 Å². The highest BCUT2D eigenvalue weighted by atomic mass is 35.5. The molecule has 0 atom stereocenters. The van der Waals surface area contributed by atoms with Crippen molar-refractivity contribution in [1.82, 2.24) is 9.88 Å². The van der Waals surface area contributed by atoms with Gasteiger partial charge in [0.25, 0.3) is 5.91 Å². The van der Waals surface area contributed by atoms with E-state index in [4.69, 9.17) is 26.1 Å². The van der Waals surface area contributed by atoms with Crippen LogP contribution in [0.15, 0.2) is 36.4 Å². The van der Waals surface area contributed by atoms with E-state index < -0.39 is 0 Å². The molecule has 0 spiro atoms. The van der Waals surface area contributed by atoms with E-state index in [-0.39, 0.29) is 18.3 Å². The second-order valence-electron chi connectivity index (χ2n) is 6.69. The van der Waals surface area contributed by atoms with Crippen LogP contribution in [0, 0.1) is 0 Å². The molecule has 0 radical (unpaired) electrons. The number of thiazole rings is 1. The molecular weight excluding hydrogens is 457 g/mol. The van der Waals surface area contributed by atoms with Crippen molar-refractivity contribution in [2.24, 2.45) is 0 Å². The summed E-state index contributed by atoms with van der Waals surface area (Å²) in [5.41, 5.74) is 1.31. The maximum atomic E-state index is 13.6. The number of nitrogens with zero attached hydrogens (tertiary/aromatic N) is 3. The summed E-state index contributed by atoms with van der Waals surface area (Å²) in [5.74, 6) is 0.986. The van der Waals surface area contributed by atoms with Gasteiger partial charge in [0, 0.05) is 29.7 Å². The van der Waals surface area contributed by atoms with Gasteiger partial charge in [-0.3, -0.25) is 9.69 Å². The van der Waals surface area contributed by atoms with E-state index in [0.29, 0.717) is 33.8 Å². The lowest BCUT2D eigenvalue weighted by molar-refractivity contribution is 0.0983. The molecule has 0 fully saturated rings. The number of halogens is 2. The monoisotopic (exact) mass is 483 g/mol.